The molecule has 1 atom stereocenters. The average molecular weight is 248 g/mol. The Balaban J connectivity index is 2.01. The Hall–Kier alpha value is -0.170. The number of hydrogen-bond acceptors (Lipinski definition) is 4. The largest absolute Gasteiger partial charge is 0.381 e. The second kappa shape index (κ2) is 5.00. The maximum atomic E-state index is 12.3. The number of sulfonamides is 1. The zero-order valence-electron chi connectivity index (χ0n) is 9.68. The third kappa shape index (κ3) is 2.40. The van der Waals surface area contributed by atoms with E-state index in [1.165, 1.54) is 0 Å². The fourth-order valence-electron chi connectivity index (χ4n) is 2.38. The lowest BCUT2D eigenvalue weighted by atomic mass is 10.2. The number of likely N-dealkylation sites (N-methyl/N-ethyl adjacent to an activating group) is 1. The van der Waals surface area contributed by atoms with Crippen molar-refractivity contribution >= 4 is 10.0 Å². The molecule has 16 heavy (non-hydrogen) atoms. The minimum atomic E-state index is -3.09. The van der Waals surface area contributed by atoms with Gasteiger partial charge in [0.2, 0.25) is 10.0 Å². The number of rotatable bonds is 3. The SMILES string of the molecule is CNC1CCN(S(=O)(=O)C2CCOCC2)C1. The van der Waals surface area contributed by atoms with Crippen LogP contribution in [-0.2, 0) is 14.8 Å². The van der Waals surface area contributed by atoms with Crippen LogP contribution in [0.3, 0.4) is 0 Å². The number of nitrogens with one attached hydrogen (secondary N) is 1. The lowest BCUT2D eigenvalue weighted by Gasteiger charge is -2.27. The van der Waals surface area contributed by atoms with Crippen LogP contribution in [-0.4, -0.2) is 57.4 Å². The van der Waals surface area contributed by atoms with Crippen LogP contribution in [0.2, 0.25) is 0 Å². The molecule has 2 heterocycles. The van der Waals surface area contributed by atoms with E-state index in [9.17, 15) is 8.42 Å². The highest BCUT2D eigenvalue weighted by Crippen LogP contribution is 2.23. The molecule has 1 N–H and O–H groups in total. The predicted octanol–water partition coefficient (Wildman–Crippen LogP) is -0.211. The fraction of sp³-hybridized carbons (Fsp3) is 1.00. The van der Waals surface area contributed by atoms with E-state index in [1.807, 2.05) is 7.05 Å². The molecule has 2 aliphatic rings. The van der Waals surface area contributed by atoms with Crippen molar-refractivity contribution in [2.45, 2.75) is 30.6 Å². The van der Waals surface area contributed by atoms with E-state index in [0.29, 0.717) is 45.2 Å². The summed E-state index contributed by atoms with van der Waals surface area (Å²) in [5, 5.41) is 2.91. The minimum absolute atomic E-state index is 0.225. The predicted molar refractivity (Wildman–Crippen MR) is 61.8 cm³/mol. The maximum absolute atomic E-state index is 12.3. The standard InChI is InChI=1S/C10H20N2O3S/c1-11-9-2-5-12(8-9)16(13,14)10-3-6-15-7-4-10/h9-11H,2-8H2,1H3. The summed E-state index contributed by atoms with van der Waals surface area (Å²) in [7, 11) is -1.21. The maximum Gasteiger partial charge on any atom is 0.217 e. The van der Waals surface area contributed by atoms with Gasteiger partial charge in [-0.1, -0.05) is 0 Å². The smallest absolute Gasteiger partial charge is 0.217 e. The van der Waals surface area contributed by atoms with E-state index in [-0.39, 0.29) is 5.25 Å². The lowest BCUT2D eigenvalue weighted by Crippen LogP contribution is -2.41. The van der Waals surface area contributed by atoms with Crippen molar-refractivity contribution in [1.82, 2.24) is 9.62 Å². The van der Waals surface area contributed by atoms with Gasteiger partial charge in [-0.05, 0) is 26.3 Å². The average Bonchev–Trinajstić information content (AvgIpc) is 2.79. The summed E-state index contributed by atoms with van der Waals surface area (Å²) in [6.07, 6.45) is 2.20. The number of ether oxygens (including phenoxy) is 1. The topological polar surface area (TPSA) is 58.6 Å². The fourth-order valence-corrected chi connectivity index (χ4v) is 4.34. The Morgan fingerprint density at radius 2 is 1.94 bits per heavy atom. The van der Waals surface area contributed by atoms with Gasteiger partial charge in [-0.2, -0.15) is 0 Å². The second-order valence-corrected chi connectivity index (χ2v) is 6.70. The molecular formula is C10H20N2O3S. The van der Waals surface area contributed by atoms with Crippen LogP contribution < -0.4 is 5.32 Å². The van der Waals surface area contributed by atoms with Crippen LogP contribution in [0.15, 0.2) is 0 Å². The summed E-state index contributed by atoms with van der Waals surface area (Å²) in [5.41, 5.74) is 0. The first-order valence-electron chi connectivity index (χ1n) is 5.88. The highest BCUT2D eigenvalue weighted by molar-refractivity contribution is 7.89. The van der Waals surface area contributed by atoms with E-state index in [1.54, 1.807) is 4.31 Å². The molecule has 2 rings (SSSR count). The van der Waals surface area contributed by atoms with Crippen LogP contribution in [0.5, 0.6) is 0 Å². The molecule has 5 nitrogen and oxygen atoms in total. The first-order valence-corrected chi connectivity index (χ1v) is 7.39. The zero-order valence-corrected chi connectivity index (χ0v) is 10.5. The van der Waals surface area contributed by atoms with Crippen LogP contribution in [0.1, 0.15) is 19.3 Å². The molecular weight excluding hydrogens is 228 g/mol. The van der Waals surface area contributed by atoms with Gasteiger partial charge in [-0.15, -0.1) is 0 Å². The van der Waals surface area contributed by atoms with E-state index >= 15 is 0 Å². The number of nitrogens with zero attached hydrogens (tertiary/aromatic N) is 1. The molecule has 6 heteroatoms. The molecule has 2 aliphatic heterocycles. The van der Waals surface area contributed by atoms with E-state index in [0.717, 1.165) is 6.42 Å². The van der Waals surface area contributed by atoms with Crippen molar-refractivity contribution in [2.75, 3.05) is 33.4 Å². The molecule has 0 aromatic heterocycles. The van der Waals surface area contributed by atoms with Gasteiger partial charge in [0.05, 0.1) is 5.25 Å². The summed E-state index contributed by atoms with van der Waals surface area (Å²) in [4.78, 5) is 0. The molecule has 2 fully saturated rings. The zero-order chi connectivity index (χ0) is 11.6. The van der Waals surface area contributed by atoms with Crippen LogP contribution in [0.25, 0.3) is 0 Å². The first-order chi connectivity index (χ1) is 7.64. The summed E-state index contributed by atoms with van der Waals surface area (Å²) in [6.45, 7) is 2.43. The van der Waals surface area contributed by atoms with Gasteiger partial charge >= 0.3 is 0 Å². The summed E-state index contributed by atoms with van der Waals surface area (Å²) in [5.74, 6) is 0. The molecule has 0 saturated carbocycles. The van der Waals surface area contributed by atoms with Crippen molar-refractivity contribution in [3.63, 3.8) is 0 Å². The molecule has 0 aliphatic carbocycles. The van der Waals surface area contributed by atoms with Gasteiger partial charge < -0.3 is 10.1 Å². The molecule has 0 spiro atoms. The Morgan fingerprint density at radius 1 is 1.25 bits per heavy atom. The Labute approximate surface area is 97.2 Å². The second-order valence-electron chi connectivity index (χ2n) is 4.49. The quantitative estimate of drug-likeness (QED) is 0.751. The van der Waals surface area contributed by atoms with Crippen molar-refractivity contribution in [3.8, 4) is 0 Å². The molecule has 0 radical (unpaired) electrons. The Kier molecular flexibility index (Phi) is 3.84. The van der Waals surface area contributed by atoms with E-state index in [2.05, 4.69) is 5.32 Å². The monoisotopic (exact) mass is 248 g/mol. The van der Waals surface area contributed by atoms with Gasteiger partial charge in [0.25, 0.3) is 0 Å². The van der Waals surface area contributed by atoms with Crippen molar-refractivity contribution in [1.29, 1.82) is 0 Å². The van der Waals surface area contributed by atoms with Gasteiger partial charge in [0.15, 0.2) is 0 Å². The van der Waals surface area contributed by atoms with Crippen molar-refractivity contribution < 1.29 is 13.2 Å². The third-order valence-corrected chi connectivity index (χ3v) is 5.87. The number of hydrogen-bond donors (Lipinski definition) is 1. The highest BCUT2D eigenvalue weighted by Gasteiger charge is 2.37. The van der Waals surface area contributed by atoms with E-state index in [4.69, 9.17) is 4.74 Å². The van der Waals surface area contributed by atoms with Crippen LogP contribution >= 0.6 is 0 Å². The molecule has 94 valence electrons. The normalized spacial score (nSPS) is 29.7. The van der Waals surface area contributed by atoms with Crippen molar-refractivity contribution in [2.24, 2.45) is 0 Å². The summed E-state index contributed by atoms with van der Waals surface area (Å²) < 4.78 is 31.4. The lowest BCUT2D eigenvalue weighted by molar-refractivity contribution is 0.0974. The van der Waals surface area contributed by atoms with E-state index < -0.39 is 10.0 Å². The molecule has 1 unspecified atom stereocenters. The van der Waals surface area contributed by atoms with Crippen LogP contribution in [0.4, 0.5) is 0 Å². The molecule has 0 aromatic rings. The van der Waals surface area contributed by atoms with Gasteiger partial charge in [0, 0.05) is 32.3 Å². The molecule has 0 amide bonds. The molecule has 0 bridgehead atoms. The molecule has 2 saturated heterocycles. The first kappa shape index (κ1) is 12.3. The Bertz CT molecular complexity index is 325. The summed E-state index contributed by atoms with van der Waals surface area (Å²) in [6, 6.07) is 0.314. The molecule has 0 aromatic carbocycles. The minimum Gasteiger partial charge on any atom is -0.381 e. The van der Waals surface area contributed by atoms with Gasteiger partial charge in [0.1, 0.15) is 0 Å². The van der Waals surface area contributed by atoms with Crippen molar-refractivity contribution in [3.05, 3.63) is 0 Å². The highest BCUT2D eigenvalue weighted by atomic mass is 32.2. The van der Waals surface area contributed by atoms with Gasteiger partial charge in [-0.3, -0.25) is 0 Å². The Morgan fingerprint density at radius 3 is 2.50 bits per heavy atom. The van der Waals surface area contributed by atoms with Gasteiger partial charge in [-0.25, -0.2) is 12.7 Å². The third-order valence-electron chi connectivity index (χ3n) is 3.51. The van der Waals surface area contributed by atoms with Crippen LogP contribution in [0, 0.1) is 0 Å². The summed E-state index contributed by atoms with van der Waals surface area (Å²) >= 11 is 0.